The second-order valence-electron chi connectivity index (χ2n) is 11.6. The minimum Gasteiger partial charge on any atom is -0.445 e. The molecule has 1 heterocycles. The Labute approximate surface area is 262 Å². The number of ether oxygens (including phenoxy) is 1. The van der Waals surface area contributed by atoms with Gasteiger partial charge in [-0.1, -0.05) is 44.5 Å². The molecule has 2 amide bonds. The number of unbranched alkanes of at least 4 members (excludes halogenated alkanes) is 1. The lowest BCUT2D eigenvalue weighted by molar-refractivity contribution is -0.856. The molecule has 4 aromatic rings. The van der Waals surface area contributed by atoms with Gasteiger partial charge in [0, 0.05) is 23.6 Å². The molecule has 4 rings (SSSR count). The normalized spacial score (nSPS) is 14.1. The van der Waals surface area contributed by atoms with E-state index < -0.39 is 29.6 Å². The zero-order valence-electron chi connectivity index (χ0n) is 26.0. The monoisotopic (exact) mass is 619 g/mol. The minimum absolute atomic E-state index is 0.0922. The van der Waals surface area contributed by atoms with Crippen molar-refractivity contribution in [1.29, 1.82) is 0 Å². The number of primary amides is 1. The number of amides is 2. The van der Waals surface area contributed by atoms with Gasteiger partial charge < -0.3 is 20.6 Å². The van der Waals surface area contributed by atoms with Crippen LogP contribution in [0.25, 0.3) is 11.5 Å². The fraction of sp³-hybridized carbons (Fsp3) is 0.343. The number of hydrogen-bond acceptors (Lipinski definition) is 6. The summed E-state index contributed by atoms with van der Waals surface area (Å²) < 4.78 is 39.9. The maximum absolute atomic E-state index is 14.6. The fourth-order valence-corrected chi connectivity index (χ4v) is 5.69. The first kappa shape index (κ1) is 33.6. The molecule has 8 nitrogen and oxygen atoms in total. The molecule has 1 aromatic heterocycles. The van der Waals surface area contributed by atoms with E-state index in [0.29, 0.717) is 30.7 Å². The van der Waals surface area contributed by atoms with Crippen LogP contribution >= 0.6 is 0 Å². The maximum Gasteiger partial charge on any atom is 0.346 e. The zero-order chi connectivity index (χ0) is 32.6. The molecule has 238 valence electrons. The Morgan fingerprint density at radius 3 is 2.33 bits per heavy atom. The van der Waals surface area contributed by atoms with Crippen molar-refractivity contribution in [3.05, 3.63) is 113 Å². The minimum atomic E-state index is -0.719. The number of nitrogens with two attached hydrogens (primary N) is 2. The van der Waals surface area contributed by atoms with E-state index in [1.807, 2.05) is 25.1 Å². The molecule has 10 heteroatoms. The van der Waals surface area contributed by atoms with Crippen molar-refractivity contribution >= 4 is 11.8 Å². The van der Waals surface area contributed by atoms with Crippen LogP contribution < -0.4 is 11.5 Å². The van der Waals surface area contributed by atoms with Crippen LogP contribution in [0.15, 0.2) is 77.5 Å². The summed E-state index contributed by atoms with van der Waals surface area (Å²) in [5.41, 5.74) is 15.8. The third-order valence-corrected chi connectivity index (χ3v) is 8.16. The molecule has 4 N–H and O–H groups in total. The third kappa shape index (κ3) is 8.48. The van der Waals surface area contributed by atoms with Crippen molar-refractivity contribution in [3.63, 3.8) is 0 Å². The van der Waals surface area contributed by atoms with Crippen LogP contribution in [-0.2, 0) is 24.2 Å². The lowest BCUT2D eigenvalue weighted by atomic mass is 9.93. The van der Waals surface area contributed by atoms with Gasteiger partial charge in [-0.3, -0.25) is 9.28 Å². The number of quaternary nitrogens is 1. The van der Waals surface area contributed by atoms with Crippen LogP contribution in [0.2, 0.25) is 0 Å². The Balaban J connectivity index is 1.74. The highest BCUT2D eigenvalue weighted by Crippen LogP contribution is 2.28. The Kier molecular flexibility index (Phi) is 11.3. The standard InChI is InChI=1S/C35H40F2N4O4/c1-4-6-11-41(3,35(43)28-18-26(33(39)42)17-27(19-28)34-40-10-12-45-34)32(16-25-14-29(36)20-30(37)15-25)31(38)22-44-21-24-9-7-8-23(5-2)13-24/h7-10,12-15,17-20,31-32H,4-6,11,16,21-22,38H2,1-3H3,(H-,39,42)/p+1/t31?,32-,41?/m0/s1. The molecule has 0 spiro atoms. The molecule has 2 unspecified atom stereocenters. The average Bonchev–Trinajstić information content (AvgIpc) is 3.57. The first-order valence-corrected chi connectivity index (χ1v) is 15.1. The Morgan fingerprint density at radius 1 is 0.978 bits per heavy atom. The molecular weight excluding hydrogens is 578 g/mol. The molecule has 3 aromatic carbocycles. The van der Waals surface area contributed by atoms with Crippen molar-refractivity contribution in [1.82, 2.24) is 4.98 Å². The van der Waals surface area contributed by atoms with Gasteiger partial charge in [0.2, 0.25) is 11.8 Å². The highest BCUT2D eigenvalue weighted by atomic mass is 19.1. The summed E-state index contributed by atoms with van der Waals surface area (Å²) in [5.74, 6) is -2.28. The number of likely N-dealkylation sites (N-methyl/N-ethyl adjacent to an activating group) is 1. The lowest BCUT2D eigenvalue weighted by Gasteiger charge is -2.42. The molecule has 0 aliphatic carbocycles. The highest BCUT2D eigenvalue weighted by molar-refractivity contribution is 5.98. The smallest absolute Gasteiger partial charge is 0.346 e. The van der Waals surface area contributed by atoms with E-state index in [2.05, 4.69) is 18.0 Å². The topological polar surface area (TPSA) is 121 Å². The summed E-state index contributed by atoms with van der Waals surface area (Å²) in [5, 5.41) is 0. The highest BCUT2D eigenvalue weighted by Gasteiger charge is 2.44. The van der Waals surface area contributed by atoms with Gasteiger partial charge in [0.1, 0.15) is 23.9 Å². The van der Waals surface area contributed by atoms with E-state index in [4.69, 9.17) is 20.6 Å². The largest absolute Gasteiger partial charge is 0.445 e. The quantitative estimate of drug-likeness (QED) is 0.162. The number of aromatic nitrogens is 1. The van der Waals surface area contributed by atoms with E-state index in [1.165, 1.54) is 42.3 Å². The molecule has 0 bridgehead atoms. The van der Waals surface area contributed by atoms with Gasteiger partial charge in [0.15, 0.2) is 0 Å². The predicted octanol–water partition coefficient (Wildman–Crippen LogP) is 5.82. The molecule has 3 atom stereocenters. The molecule has 0 fully saturated rings. The van der Waals surface area contributed by atoms with E-state index in [0.717, 1.165) is 24.5 Å². The number of nitrogens with zero attached hydrogens (tertiary/aromatic N) is 2. The number of benzene rings is 3. The van der Waals surface area contributed by atoms with Crippen LogP contribution in [0.3, 0.4) is 0 Å². The predicted molar refractivity (Wildman–Crippen MR) is 168 cm³/mol. The molecule has 0 aliphatic heterocycles. The summed E-state index contributed by atoms with van der Waals surface area (Å²) in [4.78, 5) is 31.1. The SMILES string of the molecule is CCCC[N+](C)(C(=O)c1cc(C(N)=O)cc(-c2ncco2)c1)[C@@H](Cc1cc(F)cc(F)c1)C(N)COCc1cccc(CC)c1. The number of rotatable bonds is 15. The van der Waals surface area contributed by atoms with Gasteiger partial charge in [-0.05, 0) is 59.9 Å². The van der Waals surface area contributed by atoms with Crippen LogP contribution in [-0.4, -0.2) is 53.6 Å². The van der Waals surface area contributed by atoms with Gasteiger partial charge in [0.25, 0.3) is 0 Å². The van der Waals surface area contributed by atoms with Gasteiger partial charge in [-0.25, -0.2) is 18.6 Å². The molecular formula is C35H41F2N4O4+. The number of carbonyl (C=O) groups is 2. The van der Waals surface area contributed by atoms with Crippen molar-refractivity contribution in [2.75, 3.05) is 20.2 Å². The lowest BCUT2D eigenvalue weighted by Crippen LogP contribution is -2.64. The Hall–Kier alpha value is -4.25. The summed E-state index contributed by atoms with van der Waals surface area (Å²) in [6.45, 7) is 4.87. The van der Waals surface area contributed by atoms with E-state index >= 15 is 0 Å². The first-order valence-electron chi connectivity index (χ1n) is 15.1. The number of halogens is 2. The molecule has 0 saturated heterocycles. The third-order valence-electron chi connectivity index (χ3n) is 8.16. The Morgan fingerprint density at radius 2 is 1.69 bits per heavy atom. The van der Waals surface area contributed by atoms with Gasteiger partial charge >= 0.3 is 5.91 Å². The van der Waals surface area contributed by atoms with Crippen LogP contribution in [0.5, 0.6) is 0 Å². The van der Waals surface area contributed by atoms with Crippen LogP contribution in [0, 0.1) is 11.6 Å². The summed E-state index contributed by atoms with van der Waals surface area (Å²) in [6, 6.07) is 14.6. The molecule has 45 heavy (non-hydrogen) atoms. The van der Waals surface area contributed by atoms with E-state index in [-0.39, 0.29) is 40.4 Å². The number of aryl methyl sites for hydroxylation is 1. The van der Waals surface area contributed by atoms with Crippen molar-refractivity contribution in [2.24, 2.45) is 11.5 Å². The maximum atomic E-state index is 14.6. The zero-order valence-corrected chi connectivity index (χ0v) is 26.0. The first-order chi connectivity index (χ1) is 21.5. The van der Waals surface area contributed by atoms with Crippen LogP contribution in [0.1, 0.15) is 64.1 Å². The van der Waals surface area contributed by atoms with Gasteiger partial charge in [-0.15, -0.1) is 0 Å². The Bertz CT molecular complexity index is 1590. The summed E-state index contributed by atoms with van der Waals surface area (Å²) >= 11 is 0. The van der Waals surface area contributed by atoms with Crippen molar-refractivity contribution in [3.8, 4) is 11.5 Å². The summed E-state index contributed by atoms with van der Waals surface area (Å²) in [7, 11) is 1.77. The van der Waals surface area contributed by atoms with Crippen molar-refractivity contribution in [2.45, 2.75) is 58.2 Å². The van der Waals surface area contributed by atoms with E-state index in [1.54, 1.807) is 13.1 Å². The summed E-state index contributed by atoms with van der Waals surface area (Å²) in [6.07, 6.45) is 5.28. The average molecular weight is 620 g/mol. The van der Waals surface area contributed by atoms with E-state index in [9.17, 15) is 18.4 Å². The van der Waals surface area contributed by atoms with Crippen LogP contribution in [0.4, 0.5) is 8.78 Å². The van der Waals surface area contributed by atoms with Gasteiger partial charge in [-0.2, -0.15) is 0 Å². The molecule has 0 aliphatic rings. The van der Waals surface area contributed by atoms with Crippen molar-refractivity contribution < 1.29 is 32.0 Å². The number of carbonyl (C=O) groups excluding carboxylic acids is 2. The molecule has 0 saturated carbocycles. The second kappa shape index (κ2) is 15.2. The molecule has 0 radical (unpaired) electrons. The van der Waals surface area contributed by atoms with Gasteiger partial charge in [0.05, 0.1) is 44.6 Å². The second-order valence-corrected chi connectivity index (χ2v) is 11.6. The fourth-order valence-electron chi connectivity index (χ4n) is 5.69. The number of oxazole rings is 1. The number of hydrogen-bond donors (Lipinski definition) is 2.